The van der Waals surface area contributed by atoms with Gasteiger partial charge in [0.1, 0.15) is 5.82 Å². The van der Waals surface area contributed by atoms with Crippen molar-refractivity contribution in [2.75, 3.05) is 0 Å². The van der Waals surface area contributed by atoms with Gasteiger partial charge in [-0.15, -0.1) is 0 Å². The van der Waals surface area contributed by atoms with Crippen LogP contribution in [0.2, 0.25) is 0 Å². The van der Waals surface area contributed by atoms with E-state index in [1.165, 1.54) is 12.8 Å². The van der Waals surface area contributed by atoms with Crippen molar-refractivity contribution in [2.45, 2.75) is 51.1 Å². The lowest BCUT2D eigenvalue weighted by molar-refractivity contribution is -0.126. The monoisotopic (exact) mass is 233 g/mol. The van der Waals surface area contributed by atoms with Crippen molar-refractivity contribution >= 4 is 5.91 Å². The number of nitrogens with one attached hydrogen (secondary N) is 1. The molecule has 1 atom stereocenters. The van der Waals surface area contributed by atoms with E-state index < -0.39 is 0 Å². The predicted molar refractivity (Wildman–Crippen MR) is 64.4 cm³/mol. The van der Waals surface area contributed by atoms with E-state index in [4.69, 9.17) is 0 Å². The van der Waals surface area contributed by atoms with Crippen LogP contribution in [0.1, 0.15) is 37.9 Å². The van der Waals surface area contributed by atoms with Crippen molar-refractivity contribution in [3.05, 3.63) is 18.2 Å². The summed E-state index contributed by atoms with van der Waals surface area (Å²) in [6.07, 6.45) is 10.4. The Labute approximate surface area is 101 Å². The van der Waals surface area contributed by atoms with Gasteiger partial charge in [0, 0.05) is 37.3 Å². The molecule has 1 aliphatic carbocycles. The number of fused-ring (bicyclic) bond motifs is 1. The van der Waals surface area contributed by atoms with Gasteiger partial charge in [-0.2, -0.15) is 0 Å². The lowest BCUT2D eigenvalue weighted by Crippen LogP contribution is -2.40. The molecule has 1 fully saturated rings. The molecule has 92 valence electrons. The summed E-state index contributed by atoms with van der Waals surface area (Å²) in [7, 11) is 0. The highest BCUT2D eigenvalue weighted by Gasteiger charge is 2.27. The number of nitrogens with zero attached hydrogens (tertiary/aromatic N) is 2. The summed E-state index contributed by atoms with van der Waals surface area (Å²) in [5, 5.41) is 3.20. The second kappa shape index (κ2) is 4.51. The summed E-state index contributed by atoms with van der Waals surface area (Å²) in [5.41, 5.74) is 0. The molecule has 2 heterocycles. The quantitative estimate of drug-likeness (QED) is 0.841. The van der Waals surface area contributed by atoms with E-state index in [9.17, 15) is 4.79 Å². The smallest absolute Gasteiger partial charge is 0.223 e. The third-order valence-electron chi connectivity index (χ3n) is 4.02. The Morgan fingerprint density at radius 1 is 1.35 bits per heavy atom. The standard InChI is InChI=1S/C13H19N3O/c17-13(15-11-3-1-2-4-11)10-5-7-16-8-6-14-12(16)9-10/h6,8,10-11H,1-5,7,9H2,(H,15,17). The van der Waals surface area contributed by atoms with Crippen LogP contribution in [-0.2, 0) is 17.8 Å². The first-order valence-corrected chi connectivity index (χ1v) is 6.63. The van der Waals surface area contributed by atoms with Crippen LogP contribution in [0.3, 0.4) is 0 Å². The number of aryl methyl sites for hydroxylation is 1. The van der Waals surface area contributed by atoms with E-state index in [1.807, 2.05) is 12.4 Å². The van der Waals surface area contributed by atoms with Crippen LogP contribution in [0.5, 0.6) is 0 Å². The SMILES string of the molecule is O=C(NC1CCCC1)C1CCn2ccnc2C1. The van der Waals surface area contributed by atoms with Crippen molar-refractivity contribution in [3.63, 3.8) is 0 Å². The number of amides is 1. The van der Waals surface area contributed by atoms with Gasteiger partial charge in [-0.05, 0) is 19.3 Å². The van der Waals surface area contributed by atoms with Gasteiger partial charge in [-0.3, -0.25) is 4.79 Å². The van der Waals surface area contributed by atoms with Crippen molar-refractivity contribution in [1.29, 1.82) is 0 Å². The molecule has 0 aromatic carbocycles. The maximum Gasteiger partial charge on any atom is 0.223 e. The van der Waals surface area contributed by atoms with Gasteiger partial charge in [0.15, 0.2) is 0 Å². The Morgan fingerprint density at radius 3 is 3.00 bits per heavy atom. The van der Waals surface area contributed by atoms with E-state index in [0.717, 1.165) is 38.1 Å². The van der Waals surface area contributed by atoms with E-state index in [2.05, 4.69) is 14.9 Å². The molecular weight excluding hydrogens is 214 g/mol. The van der Waals surface area contributed by atoms with Crippen molar-refractivity contribution < 1.29 is 4.79 Å². The van der Waals surface area contributed by atoms with Crippen LogP contribution in [-0.4, -0.2) is 21.5 Å². The minimum atomic E-state index is 0.130. The molecular formula is C13H19N3O. The molecule has 3 rings (SSSR count). The lowest BCUT2D eigenvalue weighted by atomic mass is 9.96. The Kier molecular flexibility index (Phi) is 2.87. The summed E-state index contributed by atoms with van der Waals surface area (Å²) in [4.78, 5) is 16.4. The van der Waals surface area contributed by atoms with Crippen LogP contribution in [0.4, 0.5) is 0 Å². The third-order valence-corrected chi connectivity index (χ3v) is 4.02. The van der Waals surface area contributed by atoms with E-state index in [0.29, 0.717) is 6.04 Å². The van der Waals surface area contributed by atoms with Gasteiger partial charge in [-0.25, -0.2) is 4.98 Å². The van der Waals surface area contributed by atoms with Crippen molar-refractivity contribution in [3.8, 4) is 0 Å². The van der Waals surface area contributed by atoms with Gasteiger partial charge in [-0.1, -0.05) is 12.8 Å². The molecule has 0 bridgehead atoms. The average Bonchev–Trinajstić information content (AvgIpc) is 2.97. The first-order valence-electron chi connectivity index (χ1n) is 6.63. The number of hydrogen-bond acceptors (Lipinski definition) is 2. The minimum Gasteiger partial charge on any atom is -0.353 e. The number of carbonyl (C=O) groups excluding carboxylic acids is 1. The largest absolute Gasteiger partial charge is 0.353 e. The number of carbonyl (C=O) groups is 1. The fraction of sp³-hybridized carbons (Fsp3) is 0.692. The molecule has 1 aliphatic heterocycles. The zero-order valence-electron chi connectivity index (χ0n) is 10.1. The van der Waals surface area contributed by atoms with Crippen LogP contribution in [0, 0.1) is 5.92 Å². The third kappa shape index (κ3) is 2.21. The molecule has 1 N–H and O–H groups in total. The Morgan fingerprint density at radius 2 is 2.18 bits per heavy atom. The molecule has 2 aliphatic rings. The number of rotatable bonds is 2. The first kappa shape index (κ1) is 10.8. The summed E-state index contributed by atoms with van der Waals surface area (Å²) in [5.74, 6) is 1.43. The van der Waals surface area contributed by atoms with Gasteiger partial charge >= 0.3 is 0 Å². The lowest BCUT2D eigenvalue weighted by Gasteiger charge is -2.24. The van der Waals surface area contributed by atoms with Crippen LogP contribution in [0.15, 0.2) is 12.4 Å². The average molecular weight is 233 g/mol. The van der Waals surface area contributed by atoms with Gasteiger partial charge in [0.05, 0.1) is 0 Å². The molecule has 0 radical (unpaired) electrons. The number of hydrogen-bond donors (Lipinski definition) is 1. The fourth-order valence-corrected chi connectivity index (χ4v) is 2.96. The Balaban J connectivity index is 1.60. The molecule has 17 heavy (non-hydrogen) atoms. The zero-order chi connectivity index (χ0) is 11.7. The van der Waals surface area contributed by atoms with E-state index in [-0.39, 0.29) is 11.8 Å². The highest BCUT2D eigenvalue weighted by atomic mass is 16.1. The second-order valence-electron chi connectivity index (χ2n) is 5.22. The molecule has 1 aromatic heterocycles. The first-order chi connectivity index (χ1) is 8.33. The number of aromatic nitrogens is 2. The van der Waals surface area contributed by atoms with Gasteiger partial charge in [0.2, 0.25) is 5.91 Å². The maximum absolute atomic E-state index is 12.1. The van der Waals surface area contributed by atoms with Crippen LogP contribution < -0.4 is 5.32 Å². The minimum absolute atomic E-state index is 0.130. The normalized spacial score (nSPS) is 24.6. The molecule has 1 unspecified atom stereocenters. The van der Waals surface area contributed by atoms with E-state index in [1.54, 1.807) is 0 Å². The maximum atomic E-state index is 12.1. The summed E-state index contributed by atoms with van der Waals surface area (Å²) in [6, 6.07) is 0.434. The van der Waals surface area contributed by atoms with Crippen molar-refractivity contribution in [2.24, 2.45) is 5.92 Å². The fourth-order valence-electron chi connectivity index (χ4n) is 2.96. The predicted octanol–water partition coefficient (Wildman–Crippen LogP) is 1.50. The zero-order valence-corrected chi connectivity index (χ0v) is 10.1. The van der Waals surface area contributed by atoms with Crippen molar-refractivity contribution in [1.82, 2.24) is 14.9 Å². The molecule has 4 heteroatoms. The number of imidazole rings is 1. The Hall–Kier alpha value is -1.32. The summed E-state index contributed by atoms with van der Waals surface area (Å²) in [6.45, 7) is 0.929. The highest BCUT2D eigenvalue weighted by Crippen LogP contribution is 2.22. The molecule has 0 saturated heterocycles. The second-order valence-corrected chi connectivity index (χ2v) is 5.22. The molecule has 1 saturated carbocycles. The van der Waals surface area contributed by atoms with E-state index >= 15 is 0 Å². The van der Waals surface area contributed by atoms with Gasteiger partial charge in [0.25, 0.3) is 0 Å². The topological polar surface area (TPSA) is 46.9 Å². The van der Waals surface area contributed by atoms with Crippen LogP contribution in [0.25, 0.3) is 0 Å². The van der Waals surface area contributed by atoms with Crippen LogP contribution >= 0.6 is 0 Å². The summed E-state index contributed by atoms with van der Waals surface area (Å²) < 4.78 is 2.15. The molecule has 4 nitrogen and oxygen atoms in total. The molecule has 1 aromatic rings. The molecule has 0 spiro atoms. The highest BCUT2D eigenvalue weighted by molar-refractivity contribution is 5.79. The van der Waals surface area contributed by atoms with Gasteiger partial charge < -0.3 is 9.88 Å². The molecule has 1 amide bonds. The summed E-state index contributed by atoms with van der Waals surface area (Å²) >= 11 is 0. The Bertz CT molecular complexity index is 407.